The summed E-state index contributed by atoms with van der Waals surface area (Å²) in [6.45, 7) is 4.60. The SMILES string of the molecule is C=C(C)C(=O)O.[Tb]. The second-order valence-corrected chi connectivity index (χ2v) is 1.09. The van der Waals surface area contributed by atoms with Gasteiger partial charge in [-0.2, -0.15) is 0 Å². The summed E-state index contributed by atoms with van der Waals surface area (Å²) in [4.78, 5) is 9.60. The van der Waals surface area contributed by atoms with Crippen LogP contribution in [0, 0.1) is 38.6 Å². The Balaban J connectivity index is 0. The van der Waals surface area contributed by atoms with E-state index < -0.39 is 5.97 Å². The third-order valence-corrected chi connectivity index (χ3v) is 0.365. The fourth-order valence-electron chi connectivity index (χ4n) is 0. The zero-order chi connectivity index (χ0) is 5.15. The summed E-state index contributed by atoms with van der Waals surface area (Å²) in [5.74, 6) is -0.935. The van der Waals surface area contributed by atoms with Crippen molar-refractivity contribution in [2.24, 2.45) is 0 Å². The molecule has 0 aromatic heterocycles. The molecule has 0 saturated heterocycles. The molecule has 0 spiro atoms. The Morgan fingerprint density at radius 3 is 1.86 bits per heavy atom. The molecule has 2 nitrogen and oxygen atoms in total. The molecule has 0 unspecified atom stereocenters. The van der Waals surface area contributed by atoms with Crippen molar-refractivity contribution in [3.8, 4) is 0 Å². The number of rotatable bonds is 1. The van der Waals surface area contributed by atoms with Crippen LogP contribution >= 0.6 is 0 Å². The first-order chi connectivity index (χ1) is 2.64. The van der Waals surface area contributed by atoms with E-state index in [9.17, 15) is 4.79 Å². The van der Waals surface area contributed by atoms with E-state index in [1.54, 1.807) is 0 Å². The molecule has 0 aliphatic heterocycles. The molecule has 0 amide bonds. The van der Waals surface area contributed by atoms with Gasteiger partial charge < -0.3 is 5.11 Å². The molecule has 3 heteroatoms. The predicted molar refractivity (Wildman–Crippen MR) is 22.4 cm³/mol. The summed E-state index contributed by atoms with van der Waals surface area (Å²) in [6.07, 6.45) is 0. The van der Waals surface area contributed by atoms with E-state index in [1.165, 1.54) is 6.92 Å². The minimum absolute atomic E-state index is 0. The van der Waals surface area contributed by atoms with Crippen LogP contribution in [0.5, 0.6) is 0 Å². The van der Waals surface area contributed by atoms with Crippen molar-refractivity contribution in [2.75, 3.05) is 0 Å². The number of hydrogen-bond acceptors (Lipinski definition) is 1. The smallest absolute Gasteiger partial charge is 0.330 e. The molecule has 0 bridgehead atoms. The Hall–Kier alpha value is 0.496. The Morgan fingerprint density at radius 2 is 1.86 bits per heavy atom. The van der Waals surface area contributed by atoms with Gasteiger partial charge in [0.25, 0.3) is 0 Å². The van der Waals surface area contributed by atoms with Gasteiger partial charge in [-0.05, 0) is 6.92 Å². The van der Waals surface area contributed by atoms with Gasteiger partial charge in [0.15, 0.2) is 0 Å². The Morgan fingerprint density at radius 1 is 1.71 bits per heavy atom. The number of carboxylic acid groups (broad SMARTS) is 1. The monoisotopic (exact) mass is 245 g/mol. The van der Waals surface area contributed by atoms with Crippen molar-refractivity contribution < 1.29 is 48.5 Å². The Labute approximate surface area is 73.0 Å². The van der Waals surface area contributed by atoms with Crippen molar-refractivity contribution in [3.63, 3.8) is 0 Å². The molecule has 0 aromatic carbocycles. The summed E-state index contributed by atoms with van der Waals surface area (Å²) >= 11 is 0. The van der Waals surface area contributed by atoms with E-state index in [0.717, 1.165) is 0 Å². The van der Waals surface area contributed by atoms with Crippen LogP contribution in [0.2, 0.25) is 0 Å². The van der Waals surface area contributed by atoms with Crippen LogP contribution in [0.15, 0.2) is 12.2 Å². The van der Waals surface area contributed by atoms with Crippen molar-refractivity contribution in [2.45, 2.75) is 6.92 Å². The van der Waals surface area contributed by atoms with E-state index in [1.807, 2.05) is 0 Å². The second-order valence-electron chi connectivity index (χ2n) is 1.09. The van der Waals surface area contributed by atoms with Crippen molar-refractivity contribution >= 4 is 5.97 Å². The summed E-state index contributed by atoms with van der Waals surface area (Å²) in [7, 11) is 0. The van der Waals surface area contributed by atoms with Gasteiger partial charge in [-0.3, -0.25) is 0 Å². The van der Waals surface area contributed by atoms with Crippen LogP contribution < -0.4 is 0 Å². The van der Waals surface area contributed by atoms with Gasteiger partial charge in [0.05, 0.1) is 0 Å². The predicted octanol–water partition coefficient (Wildman–Crippen LogP) is 0.647. The largest absolute Gasteiger partial charge is 0.478 e. The molecule has 0 heterocycles. The van der Waals surface area contributed by atoms with Gasteiger partial charge in [0.1, 0.15) is 0 Å². The molecule has 0 rings (SSSR count). The van der Waals surface area contributed by atoms with Crippen LogP contribution in [0.25, 0.3) is 0 Å². The second kappa shape index (κ2) is 4.65. The average molecular weight is 245 g/mol. The normalized spacial score (nSPS) is 6.43. The third kappa shape index (κ3) is 6.50. The van der Waals surface area contributed by atoms with Crippen LogP contribution in [0.3, 0.4) is 0 Å². The van der Waals surface area contributed by atoms with Crippen LogP contribution in [-0.4, -0.2) is 11.1 Å². The maximum absolute atomic E-state index is 9.60. The topological polar surface area (TPSA) is 37.3 Å². The molecule has 1 radical (unpaired) electrons. The first kappa shape index (κ1) is 10.5. The summed E-state index contributed by atoms with van der Waals surface area (Å²) in [5, 5.41) is 7.89. The molecule has 0 aromatic rings. The fourth-order valence-corrected chi connectivity index (χ4v) is 0. The molecule has 0 fully saturated rings. The van der Waals surface area contributed by atoms with Gasteiger partial charge in [-0.25, -0.2) is 4.79 Å². The first-order valence-corrected chi connectivity index (χ1v) is 1.53. The van der Waals surface area contributed by atoms with Crippen LogP contribution in [-0.2, 0) is 4.79 Å². The third-order valence-electron chi connectivity index (χ3n) is 0.365. The first-order valence-electron chi connectivity index (χ1n) is 1.53. The number of carboxylic acids is 1. The van der Waals surface area contributed by atoms with Gasteiger partial charge >= 0.3 is 5.97 Å². The quantitative estimate of drug-likeness (QED) is 0.688. The number of hydrogen-bond donors (Lipinski definition) is 1. The summed E-state index contributed by atoms with van der Waals surface area (Å²) in [5.41, 5.74) is 0.176. The molecule has 0 saturated carbocycles. The van der Waals surface area contributed by atoms with Gasteiger partial charge in [-0.15, -0.1) is 0 Å². The molecule has 0 atom stereocenters. The maximum Gasteiger partial charge on any atom is 0.330 e. The zero-order valence-electron chi connectivity index (χ0n) is 3.90. The number of aliphatic carboxylic acids is 1. The molecular weight excluding hydrogens is 239 g/mol. The minimum atomic E-state index is -0.935. The van der Waals surface area contributed by atoms with E-state index in [-0.39, 0.29) is 44.2 Å². The Kier molecular flexibility index (Phi) is 6.96. The molecule has 0 aliphatic carbocycles. The fraction of sp³-hybridized carbons (Fsp3) is 0.250. The molecule has 7 heavy (non-hydrogen) atoms. The standard InChI is InChI=1S/C4H6O2.Tb/c1-3(2)4(5)6;/h1H2,2H3,(H,5,6);. The molecular formula is C4H6O2Tb. The van der Waals surface area contributed by atoms with E-state index >= 15 is 0 Å². The maximum atomic E-state index is 9.60. The van der Waals surface area contributed by atoms with Crippen LogP contribution in [0.1, 0.15) is 6.92 Å². The van der Waals surface area contributed by atoms with Crippen molar-refractivity contribution in [3.05, 3.63) is 12.2 Å². The van der Waals surface area contributed by atoms with E-state index in [2.05, 4.69) is 6.58 Å². The van der Waals surface area contributed by atoms with Crippen molar-refractivity contribution in [1.82, 2.24) is 0 Å². The Bertz CT molecular complexity index is 75.7. The van der Waals surface area contributed by atoms with Crippen LogP contribution in [0.4, 0.5) is 0 Å². The molecule has 43 valence electrons. The van der Waals surface area contributed by atoms with Gasteiger partial charge in [0, 0.05) is 44.2 Å². The van der Waals surface area contributed by atoms with Gasteiger partial charge in [-0.1, -0.05) is 6.58 Å². The zero-order valence-corrected chi connectivity index (χ0v) is 6.03. The summed E-state index contributed by atoms with van der Waals surface area (Å²) < 4.78 is 0. The van der Waals surface area contributed by atoms with Gasteiger partial charge in [0.2, 0.25) is 0 Å². The van der Waals surface area contributed by atoms with Crippen molar-refractivity contribution in [1.29, 1.82) is 0 Å². The number of carbonyl (C=O) groups is 1. The molecule has 1 N–H and O–H groups in total. The average Bonchev–Trinajstić information content (AvgIpc) is 1.36. The van der Waals surface area contributed by atoms with E-state index in [4.69, 9.17) is 5.11 Å². The molecule has 0 aliphatic rings. The summed E-state index contributed by atoms with van der Waals surface area (Å²) in [6, 6.07) is 0. The van der Waals surface area contributed by atoms with E-state index in [0.29, 0.717) is 0 Å². The minimum Gasteiger partial charge on any atom is -0.478 e.